The van der Waals surface area contributed by atoms with Gasteiger partial charge in [0.2, 0.25) is 9.84 Å². The molecule has 0 N–H and O–H groups in total. The lowest BCUT2D eigenvalue weighted by Crippen LogP contribution is -2.25. The van der Waals surface area contributed by atoms with Crippen LogP contribution >= 0.6 is 34.8 Å². The average molecular weight is 602 g/mol. The van der Waals surface area contributed by atoms with E-state index < -0.39 is 31.7 Å². The van der Waals surface area contributed by atoms with Crippen LogP contribution in [0.2, 0.25) is 10.0 Å². The summed E-state index contributed by atoms with van der Waals surface area (Å²) in [5.74, 6) is -0.314. The largest absolute Gasteiger partial charge is 0.492 e. The second-order valence-electron chi connectivity index (χ2n) is 8.00. The van der Waals surface area contributed by atoms with Crippen LogP contribution in [0.15, 0.2) is 46.2 Å². The number of ether oxygens (including phenoxy) is 3. The van der Waals surface area contributed by atoms with E-state index >= 15 is 0 Å². The fourth-order valence-electron chi connectivity index (χ4n) is 3.03. The summed E-state index contributed by atoms with van der Waals surface area (Å²) < 4.78 is 65.8. The Labute approximate surface area is 226 Å². The van der Waals surface area contributed by atoms with Gasteiger partial charge in [-0.25, -0.2) is 16.8 Å². The molecule has 8 nitrogen and oxygen atoms in total. The van der Waals surface area contributed by atoms with Crippen molar-refractivity contribution in [3.8, 4) is 11.5 Å². The van der Waals surface area contributed by atoms with E-state index in [2.05, 4.69) is 0 Å². The number of benzene rings is 2. The first-order valence-electron chi connectivity index (χ1n) is 10.8. The molecule has 0 aliphatic rings. The third-order valence-corrected chi connectivity index (χ3v) is 9.50. The van der Waals surface area contributed by atoms with Crippen LogP contribution < -0.4 is 9.47 Å². The number of esters is 1. The number of halogens is 3. The SMILES string of the molecule is CCS(=O)(=O)CC(C)COc1ccc(S(=O)(=O)c2ccc(OCC(CCl)OC(C)=O)c(Cl)c2)cc1Cl. The van der Waals surface area contributed by atoms with E-state index in [1.54, 1.807) is 13.8 Å². The predicted molar refractivity (Wildman–Crippen MR) is 139 cm³/mol. The molecular weight excluding hydrogens is 575 g/mol. The summed E-state index contributed by atoms with van der Waals surface area (Å²) in [6, 6.07) is 7.96. The highest BCUT2D eigenvalue weighted by molar-refractivity contribution is 7.91. The normalized spacial score (nSPS) is 13.6. The lowest BCUT2D eigenvalue weighted by Gasteiger charge is -2.16. The first-order valence-corrected chi connectivity index (χ1v) is 15.4. The Bertz CT molecular complexity index is 1280. The van der Waals surface area contributed by atoms with Crippen molar-refractivity contribution in [3.63, 3.8) is 0 Å². The van der Waals surface area contributed by atoms with Gasteiger partial charge in [-0.3, -0.25) is 4.79 Å². The monoisotopic (exact) mass is 600 g/mol. The van der Waals surface area contributed by atoms with Crippen LogP contribution in [0.5, 0.6) is 11.5 Å². The topological polar surface area (TPSA) is 113 Å². The van der Waals surface area contributed by atoms with Crippen LogP contribution in [-0.2, 0) is 29.2 Å². The summed E-state index contributed by atoms with van der Waals surface area (Å²) in [5, 5.41) is 0.0968. The highest BCUT2D eigenvalue weighted by atomic mass is 35.5. The molecule has 200 valence electrons. The Kier molecular flexibility index (Phi) is 11.2. The lowest BCUT2D eigenvalue weighted by molar-refractivity contribution is -0.146. The second-order valence-corrected chi connectivity index (χ2v) is 13.5. The fraction of sp³-hybridized carbons (Fsp3) is 0.435. The first-order chi connectivity index (χ1) is 16.8. The number of carbonyl (C=O) groups excluding carboxylic acids is 1. The van der Waals surface area contributed by atoms with E-state index in [1.165, 1.54) is 43.3 Å². The Morgan fingerprint density at radius 3 is 1.83 bits per heavy atom. The molecule has 2 aromatic carbocycles. The zero-order valence-corrected chi connectivity index (χ0v) is 23.8. The smallest absolute Gasteiger partial charge is 0.303 e. The van der Waals surface area contributed by atoms with Crippen LogP contribution in [0.3, 0.4) is 0 Å². The van der Waals surface area contributed by atoms with Crippen molar-refractivity contribution >= 4 is 60.4 Å². The molecule has 0 aliphatic carbocycles. The van der Waals surface area contributed by atoms with Gasteiger partial charge in [0, 0.05) is 18.6 Å². The summed E-state index contributed by atoms with van der Waals surface area (Å²) in [4.78, 5) is 10.9. The minimum absolute atomic E-state index is 0.0148. The second kappa shape index (κ2) is 13.2. The van der Waals surface area contributed by atoms with E-state index in [0.717, 1.165) is 0 Å². The molecule has 36 heavy (non-hydrogen) atoms. The predicted octanol–water partition coefficient (Wildman–Crippen LogP) is 4.83. The molecule has 2 aromatic rings. The number of hydrogen-bond donors (Lipinski definition) is 0. The van der Waals surface area contributed by atoms with Crippen molar-refractivity contribution in [2.24, 2.45) is 5.92 Å². The highest BCUT2D eigenvalue weighted by Gasteiger charge is 2.22. The van der Waals surface area contributed by atoms with Crippen LogP contribution in [0.25, 0.3) is 0 Å². The molecule has 2 atom stereocenters. The maximum Gasteiger partial charge on any atom is 0.303 e. The Morgan fingerprint density at radius 2 is 1.42 bits per heavy atom. The van der Waals surface area contributed by atoms with Gasteiger partial charge in [0.15, 0.2) is 0 Å². The fourth-order valence-corrected chi connectivity index (χ4v) is 6.29. The van der Waals surface area contributed by atoms with Crippen LogP contribution in [0.4, 0.5) is 0 Å². The molecule has 0 bridgehead atoms. The zero-order chi connectivity index (χ0) is 27.1. The van der Waals surface area contributed by atoms with E-state index in [4.69, 9.17) is 49.0 Å². The van der Waals surface area contributed by atoms with Gasteiger partial charge in [0.05, 0.1) is 38.1 Å². The number of carbonyl (C=O) groups is 1. The number of sulfone groups is 2. The zero-order valence-electron chi connectivity index (χ0n) is 19.9. The minimum atomic E-state index is -3.98. The van der Waals surface area contributed by atoms with E-state index in [0.29, 0.717) is 0 Å². The molecular formula is C23H27Cl3O8S2. The van der Waals surface area contributed by atoms with Gasteiger partial charge in [-0.05, 0) is 36.4 Å². The van der Waals surface area contributed by atoms with Gasteiger partial charge in [0.1, 0.15) is 34.0 Å². The van der Waals surface area contributed by atoms with Gasteiger partial charge >= 0.3 is 5.97 Å². The van der Waals surface area contributed by atoms with Crippen LogP contribution in [-0.4, -0.2) is 59.5 Å². The minimum Gasteiger partial charge on any atom is -0.492 e. The Hall–Kier alpha value is -1.72. The molecule has 2 rings (SSSR count). The molecule has 0 radical (unpaired) electrons. The van der Waals surface area contributed by atoms with Crippen molar-refractivity contribution in [1.82, 2.24) is 0 Å². The van der Waals surface area contributed by atoms with Gasteiger partial charge < -0.3 is 14.2 Å². The van der Waals surface area contributed by atoms with E-state index in [-0.39, 0.29) is 67.9 Å². The van der Waals surface area contributed by atoms with Crippen molar-refractivity contribution in [2.45, 2.75) is 36.7 Å². The molecule has 13 heteroatoms. The van der Waals surface area contributed by atoms with Crippen molar-refractivity contribution in [3.05, 3.63) is 46.4 Å². The Balaban J connectivity index is 2.13. The van der Waals surface area contributed by atoms with E-state index in [9.17, 15) is 21.6 Å². The number of hydrogen-bond acceptors (Lipinski definition) is 8. The lowest BCUT2D eigenvalue weighted by atomic mass is 10.2. The molecule has 0 aromatic heterocycles. The van der Waals surface area contributed by atoms with Gasteiger partial charge in [-0.15, -0.1) is 11.6 Å². The third kappa shape index (κ3) is 8.69. The maximum absolute atomic E-state index is 13.1. The molecule has 0 fully saturated rings. The molecule has 0 heterocycles. The summed E-state index contributed by atoms with van der Waals surface area (Å²) in [6.45, 7) is 4.61. The van der Waals surface area contributed by atoms with Crippen molar-refractivity contribution in [2.75, 3.05) is 30.6 Å². The van der Waals surface area contributed by atoms with Crippen LogP contribution in [0, 0.1) is 5.92 Å². The molecule has 0 spiro atoms. The third-order valence-electron chi connectivity index (χ3n) is 4.86. The molecule has 0 aliphatic heterocycles. The quantitative estimate of drug-likeness (QED) is 0.237. The Morgan fingerprint density at radius 1 is 0.917 bits per heavy atom. The molecule has 0 amide bonds. The first kappa shape index (κ1) is 30.5. The van der Waals surface area contributed by atoms with Gasteiger partial charge in [0.25, 0.3) is 0 Å². The molecule has 0 saturated carbocycles. The van der Waals surface area contributed by atoms with Crippen molar-refractivity contribution in [1.29, 1.82) is 0 Å². The summed E-state index contributed by atoms with van der Waals surface area (Å²) >= 11 is 18.2. The van der Waals surface area contributed by atoms with Gasteiger partial charge in [-0.1, -0.05) is 37.0 Å². The number of alkyl halides is 1. The maximum atomic E-state index is 13.1. The van der Waals surface area contributed by atoms with E-state index in [1.807, 2.05) is 0 Å². The average Bonchev–Trinajstić information content (AvgIpc) is 2.80. The summed E-state index contributed by atoms with van der Waals surface area (Å²) in [7, 11) is -7.13. The molecule has 2 unspecified atom stereocenters. The summed E-state index contributed by atoms with van der Waals surface area (Å²) in [6.07, 6.45) is -0.689. The highest BCUT2D eigenvalue weighted by Crippen LogP contribution is 2.33. The number of rotatable bonds is 13. The van der Waals surface area contributed by atoms with Crippen molar-refractivity contribution < 1.29 is 35.8 Å². The standard InChI is InChI=1S/C23H27Cl3O8S2/c1-4-35(28,29)14-15(2)12-32-22-7-5-18(9-20(22)25)36(30,31)19-6-8-23(21(26)10-19)33-13-17(11-24)34-16(3)27/h5-10,15,17H,4,11-14H2,1-3H3. The van der Waals surface area contributed by atoms with Crippen LogP contribution in [0.1, 0.15) is 20.8 Å². The summed E-state index contributed by atoms with van der Waals surface area (Å²) in [5.41, 5.74) is 0. The van der Waals surface area contributed by atoms with Gasteiger partial charge in [-0.2, -0.15) is 0 Å². The molecule has 0 saturated heterocycles.